The lowest BCUT2D eigenvalue weighted by Crippen LogP contribution is -2.08. The van der Waals surface area contributed by atoms with Gasteiger partial charge in [-0.15, -0.1) is 0 Å². The maximum atomic E-state index is 13.6. The Morgan fingerprint density at radius 1 is 0.600 bits per heavy atom. The topological polar surface area (TPSA) is 38.5 Å². The van der Waals surface area contributed by atoms with E-state index in [0.717, 1.165) is 16.4 Å². The molecule has 0 aliphatic heterocycles. The van der Waals surface area contributed by atoms with E-state index in [1.165, 1.54) is 0 Å². The first-order chi connectivity index (χ1) is 14.7. The molecule has 2 aromatic heterocycles. The maximum Gasteiger partial charge on any atom is 0.210 e. The zero-order chi connectivity index (χ0) is 20.7. The molecule has 30 heavy (non-hydrogen) atoms. The summed E-state index contributed by atoms with van der Waals surface area (Å²) in [6, 6.07) is 30.3. The number of benzene rings is 3. The smallest absolute Gasteiger partial charge is 0.210 e. The van der Waals surface area contributed by atoms with Crippen LogP contribution < -0.4 is 0 Å². The molecule has 0 saturated carbocycles. The van der Waals surface area contributed by atoms with Crippen LogP contribution in [-0.2, 0) is 0 Å². The highest BCUT2D eigenvalue weighted by Gasteiger charge is 2.26. The molecule has 0 amide bonds. The largest absolute Gasteiger partial charge is 0.305 e. The second-order valence-electron chi connectivity index (χ2n) is 7.35. The fourth-order valence-electron chi connectivity index (χ4n) is 4.14. The summed E-state index contributed by atoms with van der Waals surface area (Å²) < 4.78 is 1.94. The van der Waals surface area contributed by atoms with Gasteiger partial charge < -0.3 is 4.40 Å². The van der Waals surface area contributed by atoms with Crippen molar-refractivity contribution in [3.63, 3.8) is 0 Å². The Labute approximate surface area is 174 Å². The zero-order valence-corrected chi connectivity index (χ0v) is 16.5. The summed E-state index contributed by atoms with van der Waals surface area (Å²) in [4.78, 5) is 27.0. The van der Waals surface area contributed by atoms with Crippen LogP contribution in [0.4, 0.5) is 0 Å². The molecule has 0 aliphatic carbocycles. The molecule has 0 spiro atoms. The van der Waals surface area contributed by atoms with E-state index in [0.29, 0.717) is 27.9 Å². The summed E-state index contributed by atoms with van der Waals surface area (Å²) in [5.41, 5.74) is 4.68. The number of aromatic nitrogens is 1. The van der Waals surface area contributed by atoms with Gasteiger partial charge in [0.15, 0.2) is 5.78 Å². The first-order valence-electron chi connectivity index (χ1n) is 9.89. The predicted molar refractivity (Wildman–Crippen MR) is 119 cm³/mol. The van der Waals surface area contributed by atoms with Crippen LogP contribution in [-0.4, -0.2) is 16.0 Å². The van der Waals surface area contributed by atoms with Gasteiger partial charge in [-0.2, -0.15) is 0 Å². The first kappa shape index (κ1) is 18.1. The summed E-state index contributed by atoms with van der Waals surface area (Å²) in [5, 5.41) is 1.01. The van der Waals surface area contributed by atoms with Crippen LogP contribution in [0.2, 0.25) is 0 Å². The minimum Gasteiger partial charge on any atom is -0.305 e. The minimum atomic E-state index is -0.0911. The summed E-state index contributed by atoms with van der Waals surface area (Å²) in [6.45, 7) is 1.87. The fourth-order valence-corrected chi connectivity index (χ4v) is 4.14. The normalized spacial score (nSPS) is 11.1. The van der Waals surface area contributed by atoms with Crippen LogP contribution in [0.25, 0.3) is 16.4 Å². The highest BCUT2D eigenvalue weighted by atomic mass is 16.1. The molecular formula is C27H19NO2. The van der Waals surface area contributed by atoms with Crippen LogP contribution in [0.15, 0.2) is 97.1 Å². The van der Waals surface area contributed by atoms with Gasteiger partial charge in [0, 0.05) is 11.1 Å². The van der Waals surface area contributed by atoms with Crippen molar-refractivity contribution in [3.05, 3.63) is 125 Å². The SMILES string of the molecule is Cc1c(C(=O)c2ccccc2)c2ccc3ccccc3n2c1C(=O)c1ccccc1. The zero-order valence-electron chi connectivity index (χ0n) is 16.5. The third-order valence-corrected chi connectivity index (χ3v) is 5.56. The number of fused-ring (bicyclic) bond motifs is 3. The first-order valence-corrected chi connectivity index (χ1v) is 9.89. The van der Waals surface area contributed by atoms with E-state index < -0.39 is 0 Å². The van der Waals surface area contributed by atoms with Crippen LogP contribution in [0.3, 0.4) is 0 Å². The van der Waals surface area contributed by atoms with Crippen LogP contribution in [0, 0.1) is 6.92 Å². The molecule has 0 N–H and O–H groups in total. The molecule has 144 valence electrons. The van der Waals surface area contributed by atoms with Crippen molar-refractivity contribution in [3.8, 4) is 0 Å². The molecule has 0 aliphatic rings. The van der Waals surface area contributed by atoms with Gasteiger partial charge in [-0.1, -0.05) is 84.9 Å². The molecule has 5 aromatic rings. The van der Waals surface area contributed by atoms with Gasteiger partial charge in [-0.05, 0) is 30.0 Å². The average Bonchev–Trinajstić information content (AvgIpc) is 3.11. The number of para-hydroxylation sites is 1. The Balaban J connectivity index is 1.87. The predicted octanol–water partition coefficient (Wildman–Crippen LogP) is 5.86. The summed E-state index contributed by atoms with van der Waals surface area (Å²) in [5.74, 6) is -0.167. The molecule has 2 heterocycles. The summed E-state index contributed by atoms with van der Waals surface area (Å²) >= 11 is 0. The lowest BCUT2D eigenvalue weighted by atomic mass is 9.98. The number of carbonyl (C=O) groups is 2. The molecular weight excluding hydrogens is 370 g/mol. The van der Waals surface area contributed by atoms with Crippen LogP contribution >= 0.6 is 0 Å². The van der Waals surface area contributed by atoms with Gasteiger partial charge in [-0.25, -0.2) is 0 Å². The van der Waals surface area contributed by atoms with E-state index in [1.54, 1.807) is 0 Å². The molecule has 0 saturated heterocycles. The summed E-state index contributed by atoms with van der Waals surface area (Å²) in [7, 11) is 0. The number of nitrogens with zero attached hydrogens (tertiary/aromatic N) is 1. The van der Waals surface area contributed by atoms with Gasteiger partial charge >= 0.3 is 0 Å². The van der Waals surface area contributed by atoms with Gasteiger partial charge in [0.1, 0.15) is 0 Å². The molecule has 3 aromatic carbocycles. The minimum absolute atomic E-state index is 0.0759. The number of hydrogen-bond donors (Lipinski definition) is 0. The number of pyridine rings is 1. The van der Waals surface area contributed by atoms with Crippen molar-refractivity contribution in [1.82, 2.24) is 4.40 Å². The van der Waals surface area contributed by atoms with E-state index >= 15 is 0 Å². The molecule has 0 unspecified atom stereocenters. The van der Waals surface area contributed by atoms with Gasteiger partial charge in [0.05, 0.1) is 22.3 Å². The molecule has 0 radical (unpaired) electrons. The van der Waals surface area contributed by atoms with E-state index in [9.17, 15) is 9.59 Å². The van der Waals surface area contributed by atoms with Gasteiger partial charge in [0.25, 0.3) is 0 Å². The van der Waals surface area contributed by atoms with Crippen molar-refractivity contribution < 1.29 is 9.59 Å². The Kier molecular flexibility index (Phi) is 4.29. The monoisotopic (exact) mass is 389 g/mol. The Bertz CT molecular complexity index is 1410. The molecule has 3 nitrogen and oxygen atoms in total. The van der Waals surface area contributed by atoms with E-state index in [2.05, 4.69) is 0 Å². The second-order valence-corrected chi connectivity index (χ2v) is 7.35. The molecule has 0 fully saturated rings. The van der Waals surface area contributed by atoms with E-state index in [1.807, 2.05) is 108 Å². The number of rotatable bonds is 4. The molecule has 0 atom stereocenters. The van der Waals surface area contributed by atoms with E-state index in [4.69, 9.17) is 0 Å². The van der Waals surface area contributed by atoms with Crippen LogP contribution in [0.5, 0.6) is 0 Å². The van der Waals surface area contributed by atoms with Crippen molar-refractivity contribution >= 4 is 28.0 Å². The number of hydrogen-bond acceptors (Lipinski definition) is 2. The standard InChI is InChI=1S/C27H19NO2/c1-18-24(26(29)20-11-4-2-5-12-20)23-17-16-19-10-8-9-15-22(19)28(23)25(18)27(30)21-13-6-3-7-14-21/h2-17H,1H3. The van der Waals surface area contributed by atoms with Gasteiger partial charge in [-0.3, -0.25) is 9.59 Å². The Hall–Kier alpha value is -3.98. The lowest BCUT2D eigenvalue weighted by molar-refractivity contribution is 0.103. The summed E-state index contributed by atoms with van der Waals surface area (Å²) in [6.07, 6.45) is 0. The lowest BCUT2D eigenvalue weighted by Gasteiger charge is -2.08. The average molecular weight is 389 g/mol. The highest BCUT2D eigenvalue weighted by Crippen LogP contribution is 2.31. The molecule has 3 heteroatoms. The van der Waals surface area contributed by atoms with Crippen LogP contribution in [0.1, 0.15) is 37.5 Å². The quantitative estimate of drug-likeness (QED) is 0.361. The maximum absolute atomic E-state index is 13.6. The number of carbonyl (C=O) groups excluding carboxylic acids is 2. The Morgan fingerprint density at radius 2 is 1.17 bits per heavy atom. The third kappa shape index (κ3) is 2.75. The highest BCUT2D eigenvalue weighted by molar-refractivity contribution is 6.19. The van der Waals surface area contributed by atoms with Crippen molar-refractivity contribution in [2.45, 2.75) is 6.92 Å². The molecule has 5 rings (SSSR count). The van der Waals surface area contributed by atoms with E-state index in [-0.39, 0.29) is 11.6 Å². The van der Waals surface area contributed by atoms with Crippen molar-refractivity contribution in [2.24, 2.45) is 0 Å². The Morgan fingerprint density at radius 3 is 1.83 bits per heavy atom. The van der Waals surface area contributed by atoms with Crippen molar-refractivity contribution in [1.29, 1.82) is 0 Å². The molecule has 0 bridgehead atoms. The van der Waals surface area contributed by atoms with Crippen molar-refractivity contribution in [2.75, 3.05) is 0 Å². The second kappa shape index (κ2) is 7.12. The fraction of sp³-hybridized carbons (Fsp3) is 0.0370. The van der Waals surface area contributed by atoms with Gasteiger partial charge in [0.2, 0.25) is 5.78 Å². The third-order valence-electron chi connectivity index (χ3n) is 5.56. The number of ketones is 2.